The van der Waals surface area contributed by atoms with Crippen LogP contribution in [0.25, 0.3) is 0 Å². The molecule has 3 N–H and O–H groups in total. The molecule has 0 aliphatic carbocycles. The van der Waals surface area contributed by atoms with Crippen molar-refractivity contribution in [3.8, 4) is 0 Å². The third-order valence-corrected chi connectivity index (χ3v) is 3.95. The number of aromatic carboxylic acids is 1. The molecule has 1 aliphatic rings. The number of para-hydroxylation sites is 1. The number of nitrogens with two attached hydrogens (primary N) is 1. The van der Waals surface area contributed by atoms with Gasteiger partial charge in [0.05, 0.1) is 16.9 Å². The highest BCUT2D eigenvalue weighted by molar-refractivity contribution is 5.98. The molecule has 0 unspecified atom stereocenters. The van der Waals surface area contributed by atoms with E-state index in [9.17, 15) is 9.90 Å². The molecule has 104 valence electrons. The van der Waals surface area contributed by atoms with Gasteiger partial charge in [-0.2, -0.15) is 0 Å². The normalized spacial score (nSPS) is 18.9. The van der Waals surface area contributed by atoms with E-state index in [0.717, 1.165) is 25.9 Å². The molecule has 0 radical (unpaired) electrons. The number of carboxylic acid groups (broad SMARTS) is 1. The summed E-state index contributed by atoms with van der Waals surface area (Å²) in [6.07, 6.45) is 3.29. The van der Waals surface area contributed by atoms with Crippen molar-refractivity contribution in [3.05, 3.63) is 23.8 Å². The number of nitrogen functional groups attached to an aromatic ring is 1. The maximum Gasteiger partial charge on any atom is 0.337 e. The van der Waals surface area contributed by atoms with Gasteiger partial charge < -0.3 is 15.7 Å². The zero-order valence-electron chi connectivity index (χ0n) is 11.6. The van der Waals surface area contributed by atoms with E-state index in [0.29, 0.717) is 22.4 Å². The van der Waals surface area contributed by atoms with Crippen LogP contribution in [-0.2, 0) is 0 Å². The summed E-state index contributed by atoms with van der Waals surface area (Å²) in [6.45, 7) is 6.27. The average Bonchev–Trinajstić information content (AvgIpc) is 2.50. The Kier molecular flexibility index (Phi) is 3.69. The van der Waals surface area contributed by atoms with Crippen molar-refractivity contribution in [1.82, 2.24) is 0 Å². The summed E-state index contributed by atoms with van der Waals surface area (Å²) in [5, 5.41) is 9.31. The van der Waals surface area contributed by atoms with Gasteiger partial charge in [0.1, 0.15) is 0 Å². The van der Waals surface area contributed by atoms with Gasteiger partial charge >= 0.3 is 5.97 Å². The van der Waals surface area contributed by atoms with Crippen molar-refractivity contribution in [2.45, 2.75) is 33.1 Å². The first-order valence-corrected chi connectivity index (χ1v) is 6.77. The van der Waals surface area contributed by atoms with Crippen molar-refractivity contribution < 1.29 is 9.90 Å². The summed E-state index contributed by atoms with van der Waals surface area (Å²) in [5.74, 6) is -0.911. The highest BCUT2D eigenvalue weighted by atomic mass is 16.4. The van der Waals surface area contributed by atoms with Gasteiger partial charge in [-0.05, 0) is 36.8 Å². The molecule has 1 saturated heterocycles. The Bertz CT molecular complexity index is 483. The van der Waals surface area contributed by atoms with Gasteiger partial charge in [0.25, 0.3) is 0 Å². The number of nitrogens with zero attached hydrogens (tertiary/aromatic N) is 1. The van der Waals surface area contributed by atoms with Gasteiger partial charge in [0.15, 0.2) is 0 Å². The molecule has 4 heteroatoms. The molecule has 1 aromatic carbocycles. The third-order valence-electron chi connectivity index (χ3n) is 3.95. The van der Waals surface area contributed by atoms with E-state index >= 15 is 0 Å². The number of hydrogen-bond acceptors (Lipinski definition) is 3. The molecule has 4 nitrogen and oxygen atoms in total. The molecule has 1 aliphatic heterocycles. The zero-order valence-corrected chi connectivity index (χ0v) is 11.6. The number of anilines is 2. The quantitative estimate of drug-likeness (QED) is 0.804. The first-order valence-electron chi connectivity index (χ1n) is 6.77. The highest BCUT2D eigenvalue weighted by Gasteiger charge is 2.26. The van der Waals surface area contributed by atoms with E-state index in [4.69, 9.17) is 5.73 Å². The molecule has 0 saturated carbocycles. The molecule has 0 bridgehead atoms. The largest absolute Gasteiger partial charge is 0.478 e. The van der Waals surface area contributed by atoms with Crippen molar-refractivity contribution in [2.24, 2.45) is 5.41 Å². The van der Waals surface area contributed by atoms with E-state index in [1.165, 1.54) is 6.42 Å². The van der Waals surface area contributed by atoms with Crippen LogP contribution in [0.4, 0.5) is 11.4 Å². The van der Waals surface area contributed by atoms with E-state index in [-0.39, 0.29) is 0 Å². The van der Waals surface area contributed by atoms with Gasteiger partial charge in [0.2, 0.25) is 0 Å². The predicted octanol–water partition coefficient (Wildman–Crippen LogP) is 2.98. The summed E-state index contributed by atoms with van der Waals surface area (Å²) in [7, 11) is 0. The smallest absolute Gasteiger partial charge is 0.337 e. The summed E-state index contributed by atoms with van der Waals surface area (Å²) < 4.78 is 0. The van der Waals surface area contributed by atoms with Crippen LogP contribution in [0.1, 0.15) is 43.5 Å². The average molecular weight is 262 g/mol. The Hall–Kier alpha value is -1.71. The van der Waals surface area contributed by atoms with Crippen molar-refractivity contribution in [2.75, 3.05) is 23.7 Å². The van der Waals surface area contributed by atoms with E-state index in [1.807, 2.05) is 0 Å². The fourth-order valence-corrected chi connectivity index (χ4v) is 2.73. The van der Waals surface area contributed by atoms with Gasteiger partial charge in [-0.1, -0.05) is 19.9 Å². The van der Waals surface area contributed by atoms with Crippen LogP contribution >= 0.6 is 0 Å². The number of hydrogen-bond donors (Lipinski definition) is 2. The lowest BCUT2D eigenvalue weighted by atomic mass is 9.85. The van der Waals surface area contributed by atoms with Crippen LogP contribution in [0.3, 0.4) is 0 Å². The predicted molar refractivity (Wildman–Crippen MR) is 77.7 cm³/mol. The first kappa shape index (κ1) is 13.7. The molecule has 2 rings (SSSR count). The summed E-state index contributed by atoms with van der Waals surface area (Å²) in [6, 6.07) is 5.10. The van der Waals surface area contributed by atoms with Crippen LogP contribution in [0.15, 0.2) is 18.2 Å². The fourth-order valence-electron chi connectivity index (χ4n) is 2.73. The minimum atomic E-state index is -0.911. The Morgan fingerprint density at radius 2 is 2.05 bits per heavy atom. The Balaban J connectivity index is 2.33. The molecule has 1 fully saturated rings. The fraction of sp³-hybridized carbons (Fsp3) is 0.533. The summed E-state index contributed by atoms with van der Waals surface area (Å²) >= 11 is 0. The zero-order chi connectivity index (χ0) is 14.0. The molecule has 0 amide bonds. The lowest BCUT2D eigenvalue weighted by Crippen LogP contribution is -2.27. The monoisotopic (exact) mass is 262 g/mol. The van der Waals surface area contributed by atoms with E-state index < -0.39 is 5.97 Å². The van der Waals surface area contributed by atoms with E-state index in [2.05, 4.69) is 18.7 Å². The summed E-state index contributed by atoms with van der Waals surface area (Å²) in [4.78, 5) is 13.5. The van der Waals surface area contributed by atoms with Crippen LogP contribution < -0.4 is 10.6 Å². The van der Waals surface area contributed by atoms with Crippen molar-refractivity contribution in [1.29, 1.82) is 0 Å². The Morgan fingerprint density at radius 3 is 2.74 bits per heavy atom. The minimum absolute atomic E-state index is 0.305. The second kappa shape index (κ2) is 5.11. The first-order chi connectivity index (χ1) is 8.91. The topological polar surface area (TPSA) is 66.6 Å². The second-order valence-electron chi connectivity index (χ2n) is 6.05. The molecule has 1 aromatic rings. The minimum Gasteiger partial charge on any atom is -0.478 e. The molecule has 0 spiro atoms. The van der Waals surface area contributed by atoms with Gasteiger partial charge in [0, 0.05) is 13.1 Å². The molecular formula is C15H22N2O2. The molecule has 1 heterocycles. The van der Waals surface area contributed by atoms with Gasteiger partial charge in [-0.3, -0.25) is 0 Å². The van der Waals surface area contributed by atoms with Crippen molar-refractivity contribution >= 4 is 17.3 Å². The number of carboxylic acids is 1. The molecule has 0 atom stereocenters. The lowest BCUT2D eigenvalue weighted by Gasteiger charge is -2.27. The van der Waals surface area contributed by atoms with Crippen LogP contribution in [0, 0.1) is 5.41 Å². The summed E-state index contributed by atoms with van der Waals surface area (Å²) in [5.41, 5.74) is 7.87. The lowest BCUT2D eigenvalue weighted by molar-refractivity contribution is 0.0697. The Labute approximate surface area is 114 Å². The number of rotatable bonds is 2. The number of benzene rings is 1. The van der Waals surface area contributed by atoms with Crippen LogP contribution in [0.5, 0.6) is 0 Å². The standard InChI is InChI=1S/C15H22N2O2/c1-15(2)7-4-9-17(10-8-15)13-11(14(18)19)5-3-6-12(13)16/h3,5-6H,4,7-10,16H2,1-2H3,(H,18,19). The van der Waals surface area contributed by atoms with Crippen molar-refractivity contribution in [3.63, 3.8) is 0 Å². The SMILES string of the molecule is CC1(C)CCCN(c2c(N)cccc2C(=O)O)CC1. The molecule has 0 aromatic heterocycles. The van der Waals surface area contributed by atoms with E-state index in [1.54, 1.807) is 18.2 Å². The van der Waals surface area contributed by atoms with Crippen LogP contribution in [-0.4, -0.2) is 24.2 Å². The highest BCUT2D eigenvalue weighted by Crippen LogP contribution is 2.35. The molecular weight excluding hydrogens is 240 g/mol. The maximum atomic E-state index is 11.3. The number of carbonyl (C=O) groups is 1. The third kappa shape index (κ3) is 3.00. The second-order valence-corrected chi connectivity index (χ2v) is 6.05. The maximum absolute atomic E-state index is 11.3. The van der Waals surface area contributed by atoms with Crippen LogP contribution in [0.2, 0.25) is 0 Å². The molecule has 19 heavy (non-hydrogen) atoms. The van der Waals surface area contributed by atoms with Gasteiger partial charge in [-0.15, -0.1) is 0 Å². The Morgan fingerprint density at radius 1 is 1.32 bits per heavy atom. The van der Waals surface area contributed by atoms with Gasteiger partial charge in [-0.25, -0.2) is 4.79 Å².